The van der Waals surface area contributed by atoms with Crippen LogP contribution >= 0.6 is 11.8 Å². The summed E-state index contributed by atoms with van der Waals surface area (Å²) >= 11 is 1.42. The fraction of sp³-hybridized carbons (Fsp3) is 0.423. The minimum atomic E-state index is 0.0230. The fourth-order valence-electron chi connectivity index (χ4n) is 3.74. The number of aromatic nitrogens is 3. The van der Waals surface area contributed by atoms with Crippen molar-refractivity contribution in [3.63, 3.8) is 0 Å². The molecule has 0 saturated carbocycles. The van der Waals surface area contributed by atoms with Crippen LogP contribution in [0.1, 0.15) is 39.2 Å². The summed E-state index contributed by atoms with van der Waals surface area (Å²) in [7, 11) is 0. The molecule has 0 aliphatic carbocycles. The summed E-state index contributed by atoms with van der Waals surface area (Å²) in [5.41, 5.74) is 3.17. The Morgan fingerprint density at radius 2 is 1.76 bits per heavy atom. The molecule has 1 heterocycles. The van der Waals surface area contributed by atoms with E-state index in [4.69, 9.17) is 0 Å². The Balaban J connectivity index is 1.65. The summed E-state index contributed by atoms with van der Waals surface area (Å²) in [4.78, 5) is 15.0. The number of hydrogen-bond acceptors (Lipinski definition) is 5. The van der Waals surface area contributed by atoms with E-state index in [9.17, 15) is 4.79 Å². The van der Waals surface area contributed by atoms with Gasteiger partial charge in [0.05, 0.1) is 5.75 Å². The first-order valence-electron chi connectivity index (χ1n) is 11.7. The molecule has 1 amide bonds. The number of thioether (sulfide) groups is 1. The van der Waals surface area contributed by atoms with Crippen molar-refractivity contribution < 1.29 is 4.79 Å². The first-order chi connectivity index (χ1) is 16.0. The van der Waals surface area contributed by atoms with Gasteiger partial charge in [-0.15, -0.1) is 10.2 Å². The summed E-state index contributed by atoms with van der Waals surface area (Å²) in [5, 5.41) is 12.7. The minimum absolute atomic E-state index is 0.0230. The molecule has 1 aromatic heterocycles. The molecule has 176 valence electrons. The second kappa shape index (κ2) is 12.6. The molecule has 3 aromatic rings. The van der Waals surface area contributed by atoms with Crippen LogP contribution in [-0.4, -0.2) is 57.0 Å². The lowest BCUT2D eigenvalue weighted by Crippen LogP contribution is -2.34. The van der Waals surface area contributed by atoms with Crippen molar-refractivity contribution in [3.05, 3.63) is 60.2 Å². The van der Waals surface area contributed by atoms with Gasteiger partial charge in [0.25, 0.3) is 0 Å². The summed E-state index contributed by atoms with van der Waals surface area (Å²) in [5.74, 6) is 1.10. The molecular formula is C26H35N5OS. The zero-order valence-electron chi connectivity index (χ0n) is 20.1. The van der Waals surface area contributed by atoms with Gasteiger partial charge in [-0.05, 0) is 58.5 Å². The van der Waals surface area contributed by atoms with E-state index >= 15 is 0 Å². The van der Waals surface area contributed by atoms with Crippen LogP contribution in [0.2, 0.25) is 0 Å². The van der Waals surface area contributed by atoms with Gasteiger partial charge >= 0.3 is 0 Å². The summed E-state index contributed by atoms with van der Waals surface area (Å²) in [6, 6.07) is 18.4. The number of aryl methyl sites for hydroxylation is 1. The maximum absolute atomic E-state index is 12.6. The Morgan fingerprint density at radius 3 is 2.42 bits per heavy atom. The monoisotopic (exact) mass is 465 g/mol. The van der Waals surface area contributed by atoms with Crippen molar-refractivity contribution in [3.8, 4) is 17.1 Å². The molecule has 0 aliphatic heterocycles. The fourth-order valence-corrected chi connectivity index (χ4v) is 4.51. The quantitative estimate of drug-likeness (QED) is 0.383. The lowest BCUT2D eigenvalue weighted by atomic mass is 10.1. The van der Waals surface area contributed by atoms with Crippen molar-refractivity contribution in [2.24, 2.45) is 0 Å². The second-order valence-corrected chi connectivity index (χ2v) is 9.21. The van der Waals surface area contributed by atoms with Crippen LogP contribution in [0.3, 0.4) is 0 Å². The summed E-state index contributed by atoms with van der Waals surface area (Å²) in [6.45, 7) is 11.7. The molecular weight excluding hydrogens is 430 g/mol. The predicted molar refractivity (Wildman–Crippen MR) is 137 cm³/mol. The third-order valence-corrected chi connectivity index (χ3v) is 6.63. The maximum atomic E-state index is 12.6. The molecule has 0 spiro atoms. The zero-order valence-corrected chi connectivity index (χ0v) is 20.9. The maximum Gasteiger partial charge on any atom is 0.230 e. The third-order valence-electron chi connectivity index (χ3n) is 5.70. The number of benzene rings is 2. The normalized spacial score (nSPS) is 12.2. The smallest absolute Gasteiger partial charge is 0.230 e. The van der Waals surface area contributed by atoms with E-state index in [2.05, 4.69) is 72.4 Å². The summed E-state index contributed by atoms with van der Waals surface area (Å²) < 4.78 is 2.02. The van der Waals surface area contributed by atoms with Crippen LogP contribution in [0.4, 0.5) is 0 Å². The number of nitrogens with one attached hydrogen (secondary N) is 1. The highest BCUT2D eigenvalue weighted by Gasteiger charge is 2.18. The number of amides is 1. The molecule has 6 nitrogen and oxygen atoms in total. The lowest BCUT2D eigenvalue weighted by molar-refractivity contribution is -0.119. The number of carbonyl (C=O) groups excluding carboxylic acids is 1. The van der Waals surface area contributed by atoms with Crippen molar-refractivity contribution in [2.75, 3.05) is 25.4 Å². The van der Waals surface area contributed by atoms with E-state index in [0.29, 0.717) is 10.9 Å². The third kappa shape index (κ3) is 7.17. The first kappa shape index (κ1) is 25.0. The standard InChI is InChI=1S/C26H35N5OS/c1-5-30(6-2)18-10-11-21(4)27-24(32)19-33-26-29-28-25(22-16-14-20(3)15-17-22)31(26)23-12-8-7-9-13-23/h7-9,12-17,21H,5-6,10-11,18-19H2,1-4H3,(H,27,32). The van der Waals surface area contributed by atoms with E-state index in [1.807, 2.05) is 34.9 Å². The van der Waals surface area contributed by atoms with Gasteiger partial charge in [0.15, 0.2) is 11.0 Å². The Kier molecular flexibility index (Phi) is 9.51. The molecule has 3 rings (SSSR count). The molecule has 1 unspecified atom stereocenters. The van der Waals surface area contributed by atoms with Crippen LogP contribution < -0.4 is 5.32 Å². The largest absolute Gasteiger partial charge is 0.353 e. The Morgan fingerprint density at radius 1 is 1.06 bits per heavy atom. The van der Waals surface area contributed by atoms with Crippen molar-refractivity contribution in [1.82, 2.24) is 25.0 Å². The number of para-hydroxylation sites is 1. The van der Waals surface area contributed by atoms with E-state index in [-0.39, 0.29) is 11.9 Å². The SMILES string of the molecule is CCN(CC)CCCC(C)NC(=O)CSc1nnc(-c2ccc(C)cc2)n1-c1ccccc1. The van der Waals surface area contributed by atoms with Crippen LogP contribution in [-0.2, 0) is 4.79 Å². The molecule has 0 radical (unpaired) electrons. The number of rotatable bonds is 12. The first-order valence-corrected chi connectivity index (χ1v) is 12.7. The van der Waals surface area contributed by atoms with Crippen molar-refractivity contribution >= 4 is 17.7 Å². The lowest BCUT2D eigenvalue weighted by Gasteiger charge is -2.19. The van der Waals surface area contributed by atoms with Crippen LogP contribution in [0, 0.1) is 6.92 Å². The van der Waals surface area contributed by atoms with E-state index < -0.39 is 0 Å². The molecule has 2 aromatic carbocycles. The molecule has 1 N–H and O–H groups in total. The summed E-state index contributed by atoms with van der Waals surface area (Å²) in [6.07, 6.45) is 2.06. The molecule has 0 saturated heterocycles. The minimum Gasteiger partial charge on any atom is -0.353 e. The molecule has 33 heavy (non-hydrogen) atoms. The molecule has 0 bridgehead atoms. The van der Waals surface area contributed by atoms with E-state index in [1.165, 1.54) is 17.3 Å². The molecule has 7 heteroatoms. The molecule has 1 atom stereocenters. The van der Waals surface area contributed by atoms with Gasteiger partial charge in [0, 0.05) is 17.3 Å². The van der Waals surface area contributed by atoms with Crippen LogP contribution in [0.15, 0.2) is 59.8 Å². The highest BCUT2D eigenvalue weighted by molar-refractivity contribution is 7.99. The average Bonchev–Trinajstić information content (AvgIpc) is 3.25. The van der Waals surface area contributed by atoms with Crippen molar-refractivity contribution in [2.45, 2.75) is 51.7 Å². The number of hydrogen-bond donors (Lipinski definition) is 1. The van der Waals surface area contributed by atoms with E-state index in [0.717, 1.165) is 49.6 Å². The van der Waals surface area contributed by atoms with Crippen LogP contribution in [0.25, 0.3) is 17.1 Å². The Bertz CT molecular complexity index is 999. The van der Waals surface area contributed by atoms with Crippen molar-refractivity contribution in [1.29, 1.82) is 0 Å². The molecule has 0 aliphatic rings. The highest BCUT2D eigenvalue weighted by Crippen LogP contribution is 2.28. The van der Waals surface area contributed by atoms with Gasteiger partial charge in [-0.2, -0.15) is 0 Å². The second-order valence-electron chi connectivity index (χ2n) is 8.27. The van der Waals surface area contributed by atoms with Gasteiger partial charge in [0.1, 0.15) is 0 Å². The topological polar surface area (TPSA) is 63.1 Å². The Hall–Kier alpha value is -2.64. The van der Waals surface area contributed by atoms with Gasteiger partial charge in [0.2, 0.25) is 5.91 Å². The van der Waals surface area contributed by atoms with Crippen LogP contribution in [0.5, 0.6) is 0 Å². The van der Waals surface area contributed by atoms with Gasteiger partial charge in [-0.3, -0.25) is 9.36 Å². The van der Waals surface area contributed by atoms with Gasteiger partial charge in [-0.1, -0.05) is 73.6 Å². The van der Waals surface area contributed by atoms with Gasteiger partial charge < -0.3 is 10.2 Å². The van der Waals surface area contributed by atoms with Gasteiger partial charge in [-0.25, -0.2) is 0 Å². The average molecular weight is 466 g/mol. The molecule has 0 fully saturated rings. The number of carbonyl (C=O) groups is 1. The number of nitrogens with zero attached hydrogens (tertiary/aromatic N) is 4. The highest BCUT2D eigenvalue weighted by atomic mass is 32.2. The predicted octanol–water partition coefficient (Wildman–Crippen LogP) is 4.96. The Labute approximate surface area is 201 Å². The zero-order chi connectivity index (χ0) is 23.6. The van der Waals surface area contributed by atoms with E-state index in [1.54, 1.807) is 0 Å².